The van der Waals surface area contributed by atoms with Crippen molar-refractivity contribution < 1.29 is 52.5 Å². The number of benzene rings is 8. The fourth-order valence-corrected chi connectivity index (χ4v) is 9.59. The number of hydrogen-bond donors (Lipinski definition) is 1. The summed E-state index contributed by atoms with van der Waals surface area (Å²) in [6.45, 7) is 7.33. The normalized spacial score (nSPS) is 19.7. The smallest absolute Gasteiger partial charge is 0.371 e. The lowest BCUT2D eigenvalue weighted by atomic mass is 9.68. The van der Waals surface area contributed by atoms with E-state index >= 15 is 0 Å². The molecule has 1 aliphatic carbocycles. The van der Waals surface area contributed by atoms with E-state index in [1.807, 2.05) is 111 Å². The van der Waals surface area contributed by atoms with Crippen molar-refractivity contribution in [2.24, 2.45) is 0 Å². The van der Waals surface area contributed by atoms with Crippen LogP contribution in [0, 0.1) is 0 Å². The molecule has 0 aromatic heterocycles. The van der Waals surface area contributed by atoms with E-state index in [2.05, 4.69) is 72.8 Å². The summed E-state index contributed by atoms with van der Waals surface area (Å²) in [5, 5.41) is 15.7. The molecule has 11 heteroatoms. The fraction of sp³-hybridized carbons (Fsp3) is 0.267. The van der Waals surface area contributed by atoms with Crippen LogP contribution in [-0.4, -0.2) is 75.0 Å². The fourth-order valence-electron chi connectivity index (χ4n) is 9.59. The number of aliphatic hydroxyl groups is 1. The maximum Gasteiger partial charge on any atom is 0.371 e. The zero-order chi connectivity index (χ0) is 48.0. The van der Waals surface area contributed by atoms with Gasteiger partial charge in [-0.15, -0.1) is 0 Å². The Bertz CT molecular complexity index is 3150. The molecule has 0 radical (unpaired) electrons. The third kappa shape index (κ3) is 9.35. The SMILES string of the molecule is CCC(O)(Oc1ccc(C2(c3ccc(OC(CC)(OCC4CO4)Oc4ccc5cc(OCC6CO6)ccc5c4)cc3)c3ccccc3-c3ccccc32)cc1)Oc1ccc2cc(OCC3CO3)ccc2c1. The third-order valence-corrected chi connectivity index (χ3v) is 13.6. The van der Waals surface area contributed by atoms with Gasteiger partial charge in [-0.3, -0.25) is 0 Å². The van der Waals surface area contributed by atoms with Gasteiger partial charge in [0.2, 0.25) is 0 Å². The van der Waals surface area contributed by atoms with Gasteiger partial charge in [0.25, 0.3) is 0 Å². The van der Waals surface area contributed by atoms with E-state index in [9.17, 15) is 5.11 Å². The zero-order valence-corrected chi connectivity index (χ0v) is 39.6. The van der Waals surface area contributed by atoms with Gasteiger partial charge >= 0.3 is 11.9 Å². The standard InChI is InChI=1S/C60H54O11/c1-3-58(61,69-49-23-15-39-29-47(21-13-41(39)31-49)62-33-51-35-64-51)68-45-25-17-43(18-26-45)60(56-11-7-5-9-54(56)55-10-6-8-12-57(55)60)44-19-27-46(28-20-44)70-59(4-2,67-38-53-37-66-53)71-50-24-16-40-30-48(22-14-42(40)32-50)63-34-52-36-65-52/h5-32,51-53,61H,3-4,33-38H2,1-2H3. The van der Waals surface area contributed by atoms with Crippen molar-refractivity contribution in [2.45, 2.75) is 62.4 Å². The molecule has 4 aliphatic rings. The molecule has 8 aromatic rings. The molecule has 12 rings (SSSR count). The molecule has 11 nitrogen and oxygen atoms in total. The summed E-state index contributed by atoms with van der Waals surface area (Å²) < 4.78 is 60.4. The van der Waals surface area contributed by atoms with Crippen molar-refractivity contribution in [3.8, 4) is 45.6 Å². The van der Waals surface area contributed by atoms with Crippen LogP contribution in [0.1, 0.15) is 48.9 Å². The van der Waals surface area contributed by atoms with Crippen molar-refractivity contribution >= 4 is 21.5 Å². The number of rotatable bonds is 21. The van der Waals surface area contributed by atoms with Crippen LogP contribution in [0.3, 0.4) is 0 Å². The first-order valence-corrected chi connectivity index (χ1v) is 24.5. The van der Waals surface area contributed by atoms with Crippen LogP contribution in [0.5, 0.6) is 34.5 Å². The van der Waals surface area contributed by atoms with Crippen molar-refractivity contribution in [1.29, 1.82) is 0 Å². The van der Waals surface area contributed by atoms with E-state index in [1.54, 1.807) is 0 Å². The summed E-state index contributed by atoms with van der Waals surface area (Å²) in [6.07, 6.45) is 0.906. The predicted octanol–water partition coefficient (Wildman–Crippen LogP) is 11.4. The first-order valence-electron chi connectivity index (χ1n) is 24.5. The molecule has 71 heavy (non-hydrogen) atoms. The Morgan fingerprint density at radius 2 is 0.831 bits per heavy atom. The van der Waals surface area contributed by atoms with Crippen LogP contribution in [0.2, 0.25) is 0 Å². The highest BCUT2D eigenvalue weighted by atomic mass is 16.9. The van der Waals surface area contributed by atoms with E-state index in [1.165, 1.54) is 0 Å². The monoisotopic (exact) mass is 950 g/mol. The molecule has 5 atom stereocenters. The zero-order valence-electron chi connectivity index (χ0n) is 39.6. The Morgan fingerprint density at radius 1 is 0.451 bits per heavy atom. The predicted molar refractivity (Wildman–Crippen MR) is 269 cm³/mol. The second-order valence-corrected chi connectivity index (χ2v) is 18.5. The molecule has 3 heterocycles. The van der Waals surface area contributed by atoms with Gasteiger partial charge in [0.15, 0.2) is 0 Å². The largest absolute Gasteiger partial charge is 0.491 e. The lowest BCUT2D eigenvalue weighted by Gasteiger charge is -2.35. The Kier molecular flexibility index (Phi) is 11.8. The van der Waals surface area contributed by atoms with Crippen LogP contribution in [-0.2, 0) is 24.4 Å². The number of fused-ring (bicyclic) bond motifs is 5. The molecule has 0 amide bonds. The molecule has 0 spiro atoms. The molecular weight excluding hydrogens is 897 g/mol. The van der Waals surface area contributed by atoms with Crippen LogP contribution >= 0.6 is 0 Å². The molecule has 3 saturated heterocycles. The van der Waals surface area contributed by atoms with Crippen molar-refractivity contribution in [1.82, 2.24) is 0 Å². The van der Waals surface area contributed by atoms with Crippen molar-refractivity contribution in [2.75, 3.05) is 39.6 Å². The average molecular weight is 951 g/mol. The van der Waals surface area contributed by atoms with E-state index in [-0.39, 0.29) is 24.7 Å². The van der Waals surface area contributed by atoms with Gasteiger partial charge < -0.3 is 52.5 Å². The van der Waals surface area contributed by atoms with Gasteiger partial charge in [-0.25, -0.2) is 0 Å². The maximum atomic E-state index is 11.8. The third-order valence-electron chi connectivity index (χ3n) is 13.6. The van der Waals surface area contributed by atoms with Gasteiger partial charge in [0.05, 0.1) is 44.7 Å². The Hall–Kier alpha value is -7.12. The number of epoxide rings is 3. The van der Waals surface area contributed by atoms with Crippen LogP contribution in [0.25, 0.3) is 32.7 Å². The second-order valence-electron chi connectivity index (χ2n) is 18.5. The van der Waals surface area contributed by atoms with Crippen LogP contribution in [0.15, 0.2) is 170 Å². The summed E-state index contributed by atoms with van der Waals surface area (Å²) in [7, 11) is 0. The molecule has 8 aromatic carbocycles. The van der Waals surface area contributed by atoms with Gasteiger partial charge in [-0.2, -0.15) is 0 Å². The summed E-state index contributed by atoms with van der Waals surface area (Å²) in [5.74, 6) is 0.311. The molecule has 3 fully saturated rings. The minimum Gasteiger partial charge on any atom is -0.491 e. The topological polar surface area (TPSA) is 122 Å². The number of hydrogen-bond acceptors (Lipinski definition) is 11. The minimum atomic E-state index is -1.94. The molecule has 0 bridgehead atoms. The quantitative estimate of drug-likeness (QED) is 0.0547. The molecule has 360 valence electrons. The van der Waals surface area contributed by atoms with E-state index < -0.39 is 17.4 Å². The highest BCUT2D eigenvalue weighted by Crippen LogP contribution is 2.56. The van der Waals surface area contributed by atoms with Crippen molar-refractivity contribution in [3.63, 3.8) is 0 Å². The van der Waals surface area contributed by atoms with Gasteiger partial charge in [0, 0.05) is 0 Å². The van der Waals surface area contributed by atoms with Crippen molar-refractivity contribution in [3.05, 3.63) is 192 Å². The first kappa shape index (κ1) is 45.0. The van der Waals surface area contributed by atoms with Gasteiger partial charge in [-0.05, 0) is 128 Å². The van der Waals surface area contributed by atoms with Gasteiger partial charge in [0.1, 0.15) is 66.0 Å². The lowest BCUT2D eigenvalue weighted by Crippen LogP contribution is -2.45. The summed E-state index contributed by atoms with van der Waals surface area (Å²) in [4.78, 5) is 0. The summed E-state index contributed by atoms with van der Waals surface area (Å²) >= 11 is 0. The van der Waals surface area contributed by atoms with Crippen LogP contribution < -0.4 is 28.4 Å². The lowest BCUT2D eigenvalue weighted by molar-refractivity contribution is -0.304. The Labute approximate surface area is 412 Å². The number of ether oxygens (including phenoxy) is 10. The average Bonchev–Trinajstić information content (AvgIpc) is 4.28. The van der Waals surface area contributed by atoms with E-state index in [0.29, 0.717) is 55.8 Å². The molecule has 1 N–H and O–H groups in total. The van der Waals surface area contributed by atoms with Gasteiger partial charge in [-0.1, -0.05) is 111 Å². The Morgan fingerprint density at radius 3 is 1.30 bits per heavy atom. The minimum absolute atomic E-state index is 0.0125. The highest BCUT2D eigenvalue weighted by Gasteiger charge is 2.46. The Balaban J connectivity index is 0.823. The maximum absolute atomic E-state index is 11.8. The molecule has 3 aliphatic heterocycles. The van der Waals surface area contributed by atoms with E-state index in [0.717, 1.165) is 79.6 Å². The summed E-state index contributed by atoms with van der Waals surface area (Å²) in [6, 6.07) is 56.8. The second kappa shape index (κ2) is 18.6. The van der Waals surface area contributed by atoms with Crippen LogP contribution in [0.4, 0.5) is 0 Å². The van der Waals surface area contributed by atoms with E-state index in [4.69, 9.17) is 47.4 Å². The highest BCUT2D eigenvalue weighted by molar-refractivity contribution is 5.87. The summed E-state index contributed by atoms with van der Waals surface area (Å²) in [5.41, 5.74) is 5.95. The molecule has 0 saturated carbocycles. The first-order chi connectivity index (χ1) is 34.8. The molecule has 5 unspecified atom stereocenters. The molecular formula is C60H54O11.